The molecule has 36 heavy (non-hydrogen) atoms. The summed E-state index contributed by atoms with van der Waals surface area (Å²) >= 11 is 0. The minimum Gasteiger partial charge on any atom is -0.454 e. The van der Waals surface area contributed by atoms with Crippen molar-refractivity contribution in [3.63, 3.8) is 0 Å². The van der Waals surface area contributed by atoms with Gasteiger partial charge < -0.3 is 14.6 Å². The first-order valence-electron chi connectivity index (χ1n) is 12.4. The summed E-state index contributed by atoms with van der Waals surface area (Å²) in [5.74, 6) is 0.713. The molecule has 0 radical (unpaired) electrons. The summed E-state index contributed by atoms with van der Waals surface area (Å²) in [5, 5.41) is 12.1. The first kappa shape index (κ1) is 22.8. The number of carbonyl (C=O) groups excluding carboxylic acids is 2. The molecule has 3 heterocycles. The molecule has 2 fully saturated rings. The Morgan fingerprint density at radius 3 is 2.06 bits per heavy atom. The van der Waals surface area contributed by atoms with Gasteiger partial charge in [-0.1, -0.05) is 60.7 Å². The summed E-state index contributed by atoms with van der Waals surface area (Å²) in [4.78, 5) is 29.6. The monoisotopic (exact) mass is 484 g/mol. The molecule has 184 valence electrons. The minimum absolute atomic E-state index is 0.0179. The molecule has 3 aliphatic heterocycles. The summed E-state index contributed by atoms with van der Waals surface area (Å²) in [7, 11) is 0. The van der Waals surface area contributed by atoms with E-state index < -0.39 is 11.6 Å². The van der Waals surface area contributed by atoms with Crippen LogP contribution in [0.2, 0.25) is 0 Å². The number of nitrogens with zero attached hydrogens (tertiary/aromatic N) is 2. The molecular formula is C29H28N2O5. The van der Waals surface area contributed by atoms with E-state index in [1.165, 1.54) is 4.90 Å². The van der Waals surface area contributed by atoms with Crippen molar-refractivity contribution in [2.24, 2.45) is 5.92 Å². The van der Waals surface area contributed by atoms with Crippen LogP contribution in [0, 0.1) is 5.92 Å². The van der Waals surface area contributed by atoms with E-state index in [4.69, 9.17) is 9.47 Å². The summed E-state index contributed by atoms with van der Waals surface area (Å²) in [6.07, 6.45) is 1.57. The molecule has 3 aromatic carbocycles. The van der Waals surface area contributed by atoms with E-state index in [-0.39, 0.29) is 30.9 Å². The molecular weight excluding hydrogens is 456 g/mol. The van der Waals surface area contributed by atoms with Gasteiger partial charge in [-0.05, 0) is 55.1 Å². The Bertz CT molecular complexity index is 1230. The molecule has 6 rings (SSSR count). The molecule has 3 aromatic rings. The van der Waals surface area contributed by atoms with Gasteiger partial charge >= 0.3 is 0 Å². The molecule has 0 aliphatic carbocycles. The number of amides is 2. The maximum atomic E-state index is 13.4. The molecule has 0 aromatic heterocycles. The van der Waals surface area contributed by atoms with Gasteiger partial charge in [0.25, 0.3) is 5.91 Å². The van der Waals surface area contributed by atoms with Crippen molar-refractivity contribution in [1.29, 1.82) is 0 Å². The van der Waals surface area contributed by atoms with Gasteiger partial charge in [0.2, 0.25) is 12.7 Å². The zero-order valence-corrected chi connectivity index (χ0v) is 19.9. The summed E-state index contributed by atoms with van der Waals surface area (Å²) in [6.45, 7) is 1.40. The highest BCUT2D eigenvalue weighted by Crippen LogP contribution is 2.43. The third-order valence-corrected chi connectivity index (χ3v) is 7.73. The van der Waals surface area contributed by atoms with E-state index in [1.807, 2.05) is 60.7 Å². The summed E-state index contributed by atoms with van der Waals surface area (Å²) in [6, 6.07) is 24.2. The molecule has 0 spiro atoms. The molecule has 3 aliphatic rings. The molecule has 1 unspecified atom stereocenters. The van der Waals surface area contributed by atoms with Crippen molar-refractivity contribution in [2.75, 3.05) is 24.8 Å². The average molecular weight is 485 g/mol. The van der Waals surface area contributed by atoms with E-state index in [0.29, 0.717) is 43.1 Å². The van der Waals surface area contributed by atoms with Crippen LogP contribution in [0.25, 0.3) is 0 Å². The van der Waals surface area contributed by atoms with Crippen LogP contribution in [0.15, 0.2) is 78.9 Å². The molecule has 2 saturated heterocycles. The normalized spacial score (nSPS) is 20.8. The zero-order chi connectivity index (χ0) is 24.7. The lowest BCUT2D eigenvalue weighted by molar-refractivity contribution is -0.123. The second-order valence-electron chi connectivity index (χ2n) is 9.63. The number of ether oxygens (including phenoxy) is 2. The maximum Gasteiger partial charge on any atom is 0.251 e. The van der Waals surface area contributed by atoms with E-state index in [1.54, 1.807) is 18.2 Å². The number of piperidine rings is 1. The summed E-state index contributed by atoms with van der Waals surface area (Å²) < 4.78 is 10.8. The molecule has 7 nitrogen and oxygen atoms in total. The highest BCUT2D eigenvalue weighted by atomic mass is 16.7. The van der Waals surface area contributed by atoms with Crippen molar-refractivity contribution in [1.82, 2.24) is 4.90 Å². The molecule has 0 bridgehead atoms. The van der Waals surface area contributed by atoms with Crippen molar-refractivity contribution in [3.8, 4) is 11.5 Å². The molecule has 7 heteroatoms. The molecule has 1 N–H and O–H groups in total. The van der Waals surface area contributed by atoms with Gasteiger partial charge in [-0.25, -0.2) is 4.90 Å². The number of hydrogen-bond donors (Lipinski definition) is 1. The second kappa shape index (κ2) is 9.08. The predicted molar refractivity (Wildman–Crippen MR) is 134 cm³/mol. The predicted octanol–water partition coefficient (Wildman–Crippen LogP) is 3.70. The Morgan fingerprint density at radius 2 is 1.42 bits per heavy atom. The van der Waals surface area contributed by atoms with Gasteiger partial charge in [0.15, 0.2) is 11.5 Å². The molecule has 0 saturated carbocycles. The second-order valence-corrected chi connectivity index (χ2v) is 9.63. The number of aliphatic hydroxyl groups is 1. The largest absolute Gasteiger partial charge is 0.454 e. The number of hydrogen-bond acceptors (Lipinski definition) is 6. The SMILES string of the molecule is O=C1CC(N2CCC(C(O)(c3ccccc3)c3ccccc3)CC2)C(=O)N1c1ccc2c(c1)OCO2. The number of rotatable bonds is 5. The standard InChI is InChI=1S/C29H28N2O5/c32-27-18-24(28(33)31(27)23-11-12-25-26(17-23)36-19-35-25)30-15-13-22(14-16-30)29(34,20-7-3-1-4-8-20)21-9-5-2-6-10-21/h1-12,17,22,24,34H,13-16,18-19H2. The lowest BCUT2D eigenvalue weighted by atomic mass is 9.72. The van der Waals surface area contributed by atoms with Gasteiger partial charge in [-0.15, -0.1) is 0 Å². The first-order valence-corrected chi connectivity index (χ1v) is 12.4. The van der Waals surface area contributed by atoms with Gasteiger partial charge in [0, 0.05) is 6.07 Å². The van der Waals surface area contributed by atoms with Gasteiger partial charge in [0.1, 0.15) is 5.60 Å². The third kappa shape index (κ3) is 3.75. The van der Waals surface area contributed by atoms with Crippen molar-refractivity contribution < 1.29 is 24.2 Å². The van der Waals surface area contributed by atoms with Gasteiger partial charge in [-0.3, -0.25) is 14.5 Å². The van der Waals surface area contributed by atoms with Crippen molar-refractivity contribution in [3.05, 3.63) is 90.0 Å². The fourth-order valence-electron chi connectivity index (χ4n) is 5.85. The van der Waals surface area contributed by atoms with E-state index in [0.717, 1.165) is 11.1 Å². The van der Waals surface area contributed by atoms with E-state index in [2.05, 4.69) is 4.90 Å². The number of carbonyl (C=O) groups is 2. The van der Waals surface area contributed by atoms with Crippen LogP contribution in [0.1, 0.15) is 30.4 Å². The summed E-state index contributed by atoms with van der Waals surface area (Å²) in [5.41, 5.74) is 1.13. The number of fused-ring (bicyclic) bond motifs is 1. The number of anilines is 1. The molecule has 2 amide bonds. The van der Waals surface area contributed by atoms with Crippen molar-refractivity contribution in [2.45, 2.75) is 30.9 Å². The highest BCUT2D eigenvalue weighted by molar-refractivity contribution is 6.22. The Morgan fingerprint density at radius 1 is 0.806 bits per heavy atom. The Hall–Kier alpha value is -3.68. The number of imide groups is 1. The van der Waals surface area contributed by atoms with Crippen LogP contribution in [0.5, 0.6) is 11.5 Å². The van der Waals surface area contributed by atoms with Gasteiger partial charge in [-0.2, -0.15) is 0 Å². The van der Waals surface area contributed by atoms with E-state index >= 15 is 0 Å². The zero-order valence-electron chi connectivity index (χ0n) is 19.9. The topological polar surface area (TPSA) is 79.3 Å². The van der Waals surface area contributed by atoms with E-state index in [9.17, 15) is 14.7 Å². The van der Waals surface area contributed by atoms with Crippen LogP contribution in [-0.2, 0) is 15.2 Å². The quantitative estimate of drug-likeness (QED) is 0.557. The number of likely N-dealkylation sites (tertiary alicyclic amines) is 1. The number of benzene rings is 3. The van der Waals surface area contributed by atoms with Crippen LogP contribution in [0.4, 0.5) is 5.69 Å². The fourth-order valence-corrected chi connectivity index (χ4v) is 5.85. The first-order chi connectivity index (χ1) is 17.6. The Kier molecular flexibility index (Phi) is 5.74. The minimum atomic E-state index is -1.12. The average Bonchev–Trinajstić information content (AvgIpc) is 3.52. The smallest absolute Gasteiger partial charge is 0.251 e. The lowest BCUT2D eigenvalue weighted by Gasteiger charge is -2.43. The van der Waals surface area contributed by atoms with Crippen LogP contribution < -0.4 is 14.4 Å². The Balaban J connectivity index is 1.20. The van der Waals surface area contributed by atoms with Gasteiger partial charge in [0.05, 0.1) is 18.2 Å². The third-order valence-electron chi connectivity index (χ3n) is 7.73. The Labute approximate surface area is 209 Å². The van der Waals surface area contributed by atoms with Crippen LogP contribution >= 0.6 is 0 Å². The molecule has 1 atom stereocenters. The van der Waals surface area contributed by atoms with Crippen molar-refractivity contribution >= 4 is 17.5 Å². The maximum absolute atomic E-state index is 13.4. The van der Waals surface area contributed by atoms with Crippen LogP contribution in [-0.4, -0.2) is 47.7 Å². The lowest BCUT2D eigenvalue weighted by Crippen LogP contribution is -2.49. The van der Waals surface area contributed by atoms with Crippen LogP contribution in [0.3, 0.4) is 0 Å². The fraction of sp³-hybridized carbons (Fsp3) is 0.310. The highest BCUT2D eigenvalue weighted by Gasteiger charge is 2.47.